The highest BCUT2D eigenvalue weighted by Crippen LogP contribution is 2.39. The Balaban J connectivity index is 1.99. The predicted molar refractivity (Wildman–Crippen MR) is 81.7 cm³/mol. The van der Waals surface area contributed by atoms with Crippen molar-refractivity contribution < 1.29 is 0 Å². The molecule has 3 N–H and O–H groups in total. The summed E-state index contributed by atoms with van der Waals surface area (Å²) in [5.74, 6) is 1.53. The van der Waals surface area contributed by atoms with E-state index in [4.69, 9.17) is 10.7 Å². The first kappa shape index (κ1) is 13.1. The van der Waals surface area contributed by atoms with Gasteiger partial charge in [-0.05, 0) is 19.8 Å². The average Bonchev–Trinajstić information content (AvgIpc) is 3.30. The zero-order valence-electron chi connectivity index (χ0n) is 11.8. The molecule has 0 saturated heterocycles. The van der Waals surface area contributed by atoms with Crippen LogP contribution in [0, 0.1) is 6.92 Å². The molecule has 4 heteroatoms. The molecule has 0 unspecified atom stereocenters. The standard InChI is InChI=1S/C16H20N4/c1-11-2-4-12(5-3-11)15-14(18-9-8-17)10-19-16(20-15)13-6-7-13/h2-5,10,13,18H,6-9,17H2,1H3. The summed E-state index contributed by atoms with van der Waals surface area (Å²) in [6.45, 7) is 3.41. The molecule has 0 amide bonds. The van der Waals surface area contributed by atoms with Gasteiger partial charge in [0.1, 0.15) is 5.82 Å². The summed E-state index contributed by atoms with van der Waals surface area (Å²) >= 11 is 0. The first-order valence-corrected chi connectivity index (χ1v) is 7.16. The molecular weight excluding hydrogens is 248 g/mol. The summed E-state index contributed by atoms with van der Waals surface area (Å²) < 4.78 is 0. The van der Waals surface area contributed by atoms with Crippen molar-refractivity contribution in [3.8, 4) is 11.3 Å². The van der Waals surface area contributed by atoms with E-state index in [0.29, 0.717) is 12.5 Å². The third kappa shape index (κ3) is 2.80. The molecule has 0 radical (unpaired) electrons. The fraction of sp³-hybridized carbons (Fsp3) is 0.375. The lowest BCUT2D eigenvalue weighted by Crippen LogP contribution is -2.14. The van der Waals surface area contributed by atoms with Crippen molar-refractivity contribution in [1.29, 1.82) is 0 Å². The lowest BCUT2D eigenvalue weighted by Gasteiger charge is -2.12. The zero-order chi connectivity index (χ0) is 13.9. The van der Waals surface area contributed by atoms with Crippen LogP contribution in [0.2, 0.25) is 0 Å². The number of nitrogens with zero attached hydrogens (tertiary/aromatic N) is 2. The van der Waals surface area contributed by atoms with Crippen molar-refractivity contribution in [3.63, 3.8) is 0 Å². The molecule has 0 bridgehead atoms. The Morgan fingerprint density at radius 2 is 2.00 bits per heavy atom. The molecule has 0 atom stereocenters. The van der Waals surface area contributed by atoms with Crippen LogP contribution in [-0.2, 0) is 0 Å². The number of hydrogen-bond acceptors (Lipinski definition) is 4. The van der Waals surface area contributed by atoms with Crippen molar-refractivity contribution in [3.05, 3.63) is 41.9 Å². The molecular formula is C16H20N4. The van der Waals surface area contributed by atoms with E-state index in [1.54, 1.807) is 0 Å². The highest BCUT2D eigenvalue weighted by Gasteiger charge is 2.27. The van der Waals surface area contributed by atoms with E-state index >= 15 is 0 Å². The van der Waals surface area contributed by atoms with Gasteiger partial charge in [-0.3, -0.25) is 0 Å². The van der Waals surface area contributed by atoms with E-state index in [1.807, 2.05) is 6.20 Å². The highest BCUT2D eigenvalue weighted by molar-refractivity contribution is 5.73. The minimum Gasteiger partial charge on any atom is -0.381 e. The molecule has 3 rings (SSSR count). The van der Waals surface area contributed by atoms with Crippen LogP contribution >= 0.6 is 0 Å². The molecule has 1 aromatic carbocycles. The summed E-state index contributed by atoms with van der Waals surface area (Å²) in [5.41, 5.74) is 9.89. The molecule has 1 saturated carbocycles. The summed E-state index contributed by atoms with van der Waals surface area (Å²) in [6.07, 6.45) is 4.32. The van der Waals surface area contributed by atoms with Crippen LogP contribution in [0.5, 0.6) is 0 Å². The molecule has 0 spiro atoms. The number of nitrogens with one attached hydrogen (secondary N) is 1. The number of nitrogens with two attached hydrogens (primary N) is 1. The maximum atomic E-state index is 5.57. The maximum absolute atomic E-state index is 5.57. The second kappa shape index (κ2) is 5.59. The van der Waals surface area contributed by atoms with Gasteiger partial charge in [0.2, 0.25) is 0 Å². The minimum atomic E-state index is 0.558. The van der Waals surface area contributed by atoms with Gasteiger partial charge in [-0.15, -0.1) is 0 Å². The Kier molecular flexibility index (Phi) is 3.65. The normalized spacial score (nSPS) is 14.3. The van der Waals surface area contributed by atoms with Gasteiger partial charge >= 0.3 is 0 Å². The molecule has 1 aromatic heterocycles. The van der Waals surface area contributed by atoms with Gasteiger partial charge in [0, 0.05) is 24.6 Å². The average molecular weight is 268 g/mol. The van der Waals surface area contributed by atoms with Gasteiger partial charge in [-0.25, -0.2) is 9.97 Å². The molecule has 1 heterocycles. The molecule has 4 nitrogen and oxygen atoms in total. The van der Waals surface area contributed by atoms with Crippen LogP contribution in [0.4, 0.5) is 5.69 Å². The van der Waals surface area contributed by atoms with Gasteiger partial charge in [0.05, 0.1) is 17.6 Å². The fourth-order valence-corrected chi connectivity index (χ4v) is 2.20. The lowest BCUT2D eigenvalue weighted by atomic mass is 10.1. The molecule has 1 aliphatic carbocycles. The van der Waals surface area contributed by atoms with Crippen LogP contribution in [0.15, 0.2) is 30.5 Å². The number of hydrogen-bond donors (Lipinski definition) is 2. The number of aryl methyl sites for hydroxylation is 1. The number of rotatable bonds is 5. The van der Waals surface area contributed by atoms with Gasteiger partial charge in [-0.2, -0.15) is 0 Å². The van der Waals surface area contributed by atoms with E-state index in [9.17, 15) is 0 Å². The fourth-order valence-electron chi connectivity index (χ4n) is 2.20. The Labute approximate surface area is 119 Å². The Morgan fingerprint density at radius 3 is 2.65 bits per heavy atom. The molecule has 2 aromatic rings. The first-order chi connectivity index (χ1) is 9.78. The molecule has 0 aliphatic heterocycles. The Bertz CT molecular complexity index is 588. The Morgan fingerprint density at radius 1 is 1.25 bits per heavy atom. The molecule has 20 heavy (non-hydrogen) atoms. The maximum Gasteiger partial charge on any atom is 0.132 e. The van der Waals surface area contributed by atoms with E-state index in [1.165, 1.54) is 18.4 Å². The lowest BCUT2D eigenvalue weighted by molar-refractivity contribution is 0.925. The van der Waals surface area contributed by atoms with Crippen LogP contribution in [-0.4, -0.2) is 23.1 Å². The molecule has 1 aliphatic rings. The monoisotopic (exact) mass is 268 g/mol. The number of aromatic nitrogens is 2. The summed E-state index contributed by atoms with van der Waals surface area (Å²) in [4.78, 5) is 9.26. The smallest absolute Gasteiger partial charge is 0.132 e. The highest BCUT2D eigenvalue weighted by atomic mass is 15.0. The van der Waals surface area contributed by atoms with Gasteiger partial charge < -0.3 is 11.1 Å². The SMILES string of the molecule is Cc1ccc(-c2nc(C3CC3)ncc2NCCN)cc1. The van der Waals surface area contributed by atoms with Gasteiger partial charge in [-0.1, -0.05) is 29.8 Å². The van der Waals surface area contributed by atoms with E-state index in [0.717, 1.165) is 29.3 Å². The van der Waals surface area contributed by atoms with Crippen molar-refractivity contribution in [2.75, 3.05) is 18.4 Å². The van der Waals surface area contributed by atoms with Crippen LogP contribution in [0.1, 0.15) is 30.1 Å². The van der Waals surface area contributed by atoms with E-state index < -0.39 is 0 Å². The Hall–Kier alpha value is -1.94. The predicted octanol–water partition coefficient (Wildman–Crippen LogP) is 2.70. The number of anilines is 1. The summed E-state index contributed by atoms with van der Waals surface area (Å²) in [5, 5.41) is 3.31. The van der Waals surface area contributed by atoms with Crippen LogP contribution in [0.25, 0.3) is 11.3 Å². The van der Waals surface area contributed by atoms with Crippen LogP contribution in [0.3, 0.4) is 0 Å². The zero-order valence-corrected chi connectivity index (χ0v) is 11.8. The molecule has 104 valence electrons. The summed E-state index contributed by atoms with van der Waals surface area (Å²) in [6, 6.07) is 8.45. The van der Waals surface area contributed by atoms with Gasteiger partial charge in [0.25, 0.3) is 0 Å². The number of benzene rings is 1. The third-order valence-electron chi connectivity index (χ3n) is 3.53. The minimum absolute atomic E-state index is 0.558. The second-order valence-electron chi connectivity index (χ2n) is 5.35. The topological polar surface area (TPSA) is 63.8 Å². The van der Waals surface area contributed by atoms with Crippen molar-refractivity contribution in [2.45, 2.75) is 25.7 Å². The summed E-state index contributed by atoms with van der Waals surface area (Å²) in [7, 11) is 0. The quantitative estimate of drug-likeness (QED) is 0.875. The molecule has 1 fully saturated rings. The van der Waals surface area contributed by atoms with E-state index in [2.05, 4.69) is 41.5 Å². The van der Waals surface area contributed by atoms with Crippen molar-refractivity contribution in [1.82, 2.24) is 9.97 Å². The third-order valence-corrected chi connectivity index (χ3v) is 3.53. The van der Waals surface area contributed by atoms with Crippen molar-refractivity contribution in [2.24, 2.45) is 5.73 Å². The van der Waals surface area contributed by atoms with Crippen LogP contribution < -0.4 is 11.1 Å². The largest absolute Gasteiger partial charge is 0.381 e. The van der Waals surface area contributed by atoms with Gasteiger partial charge in [0.15, 0.2) is 0 Å². The second-order valence-corrected chi connectivity index (χ2v) is 5.35. The first-order valence-electron chi connectivity index (χ1n) is 7.16. The van der Waals surface area contributed by atoms with E-state index in [-0.39, 0.29) is 0 Å². The van der Waals surface area contributed by atoms with Crippen molar-refractivity contribution >= 4 is 5.69 Å².